The number of fused-ring (bicyclic) bond motifs is 1. The minimum Gasteiger partial charge on any atom is -0.481 e. The fourth-order valence-electron chi connectivity index (χ4n) is 4.65. The topological polar surface area (TPSA) is 98.0 Å². The third kappa shape index (κ3) is 6.01. The Bertz CT molecular complexity index is 755. The molecule has 4 N–H and O–H groups in total. The minimum atomic E-state index is -0.753. The molecule has 5 atom stereocenters. The number of aliphatic hydroxyl groups is 3. The first kappa shape index (κ1) is 22.2. The molecular formula is C23H32O5S. The second-order valence-corrected chi connectivity index (χ2v) is 9.44. The molecule has 2 aromatic rings. The lowest BCUT2D eigenvalue weighted by Gasteiger charge is -2.24. The van der Waals surface area contributed by atoms with E-state index in [1.807, 2.05) is 24.3 Å². The molecule has 1 aliphatic rings. The lowest BCUT2D eigenvalue weighted by molar-refractivity contribution is -0.137. The van der Waals surface area contributed by atoms with E-state index < -0.39 is 24.3 Å². The second kappa shape index (κ2) is 10.5. The highest BCUT2D eigenvalue weighted by Crippen LogP contribution is 2.41. The third-order valence-electron chi connectivity index (χ3n) is 6.25. The summed E-state index contributed by atoms with van der Waals surface area (Å²) in [5, 5.41) is 41.3. The predicted molar refractivity (Wildman–Crippen MR) is 115 cm³/mol. The van der Waals surface area contributed by atoms with Crippen molar-refractivity contribution in [1.82, 2.24) is 0 Å². The van der Waals surface area contributed by atoms with Crippen LogP contribution in [0.2, 0.25) is 0 Å². The Morgan fingerprint density at radius 3 is 2.45 bits per heavy atom. The van der Waals surface area contributed by atoms with Crippen molar-refractivity contribution in [3.8, 4) is 0 Å². The Labute approximate surface area is 176 Å². The second-order valence-electron chi connectivity index (χ2n) is 8.32. The molecule has 5 nitrogen and oxygen atoms in total. The number of aliphatic hydroxyl groups excluding tert-OH is 3. The molecule has 0 amide bonds. The number of unbranched alkanes of at least 4 members (excludes halogenated alkanes) is 3. The number of carbonyl (C=O) groups is 1. The van der Waals surface area contributed by atoms with Crippen LogP contribution in [0, 0.1) is 11.8 Å². The lowest BCUT2D eigenvalue weighted by Crippen LogP contribution is -2.23. The molecule has 1 unspecified atom stereocenters. The van der Waals surface area contributed by atoms with Crippen LogP contribution >= 0.6 is 11.3 Å². The van der Waals surface area contributed by atoms with Gasteiger partial charge in [-0.1, -0.05) is 37.5 Å². The van der Waals surface area contributed by atoms with Crippen LogP contribution in [0.5, 0.6) is 0 Å². The van der Waals surface area contributed by atoms with Crippen LogP contribution in [0.15, 0.2) is 30.3 Å². The summed E-state index contributed by atoms with van der Waals surface area (Å²) in [7, 11) is 0. The van der Waals surface area contributed by atoms with Gasteiger partial charge in [0, 0.05) is 16.0 Å². The van der Waals surface area contributed by atoms with E-state index in [-0.39, 0.29) is 18.3 Å². The van der Waals surface area contributed by atoms with Crippen LogP contribution < -0.4 is 0 Å². The smallest absolute Gasteiger partial charge is 0.303 e. The Balaban J connectivity index is 1.48. The van der Waals surface area contributed by atoms with E-state index in [1.165, 1.54) is 4.70 Å². The van der Waals surface area contributed by atoms with Crippen LogP contribution in [0.1, 0.15) is 68.8 Å². The van der Waals surface area contributed by atoms with Crippen molar-refractivity contribution in [2.45, 2.75) is 76.1 Å². The van der Waals surface area contributed by atoms with E-state index in [2.05, 4.69) is 6.07 Å². The molecule has 29 heavy (non-hydrogen) atoms. The number of rotatable bonds is 11. The highest BCUT2D eigenvalue weighted by atomic mass is 32.1. The summed E-state index contributed by atoms with van der Waals surface area (Å²) in [6.45, 7) is 0. The summed E-state index contributed by atoms with van der Waals surface area (Å²) in [6, 6.07) is 10.1. The van der Waals surface area contributed by atoms with E-state index in [0.717, 1.165) is 35.9 Å². The fraction of sp³-hybridized carbons (Fsp3) is 0.609. The van der Waals surface area contributed by atoms with Crippen molar-refractivity contribution < 1.29 is 25.2 Å². The van der Waals surface area contributed by atoms with Crippen molar-refractivity contribution in [3.63, 3.8) is 0 Å². The molecule has 1 aliphatic carbocycles. The van der Waals surface area contributed by atoms with Gasteiger partial charge in [0.1, 0.15) is 0 Å². The van der Waals surface area contributed by atoms with Gasteiger partial charge in [-0.3, -0.25) is 4.79 Å². The maximum Gasteiger partial charge on any atom is 0.303 e. The van der Waals surface area contributed by atoms with Gasteiger partial charge in [0.15, 0.2) is 0 Å². The largest absolute Gasteiger partial charge is 0.481 e. The van der Waals surface area contributed by atoms with Gasteiger partial charge in [0.2, 0.25) is 0 Å². The van der Waals surface area contributed by atoms with Gasteiger partial charge in [-0.25, -0.2) is 0 Å². The molecule has 6 heteroatoms. The molecule has 0 aliphatic heterocycles. The van der Waals surface area contributed by atoms with Crippen molar-refractivity contribution >= 4 is 27.4 Å². The van der Waals surface area contributed by atoms with Crippen LogP contribution in [-0.2, 0) is 4.79 Å². The molecule has 0 saturated heterocycles. The average Bonchev–Trinajstić information content (AvgIpc) is 3.23. The Morgan fingerprint density at radius 1 is 1.03 bits per heavy atom. The number of aliphatic carboxylic acids is 1. The molecule has 1 saturated carbocycles. The van der Waals surface area contributed by atoms with Gasteiger partial charge in [0.25, 0.3) is 0 Å². The number of carboxylic acids is 1. The van der Waals surface area contributed by atoms with Crippen LogP contribution in [0.4, 0.5) is 0 Å². The zero-order chi connectivity index (χ0) is 20.8. The van der Waals surface area contributed by atoms with Gasteiger partial charge in [0.05, 0.1) is 18.3 Å². The molecule has 0 bridgehead atoms. The lowest BCUT2D eigenvalue weighted by atomic mass is 9.84. The fourth-order valence-corrected chi connectivity index (χ4v) is 5.73. The first-order valence-electron chi connectivity index (χ1n) is 10.7. The van der Waals surface area contributed by atoms with Crippen LogP contribution in [0.3, 0.4) is 0 Å². The number of benzene rings is 1. The SMILES string of the molecule is O=C(O)CCCCCCC1[C@@H](CC[C@@H](O)c2cc3ccccc3s2)[C@H](O)C[C@@H]1O. The average molecular weight is 421 g/mol. The number of hydrogen-bond donors (Lipinski definition) is 4. The Hall–Kier alpha value is -1.47. The van der Waals surface area contributed by atoms with Crippen molar-refractivity contribution in [3.05, 3.63) is 35.2 Å². The van der Waals surface area contributed by atoms with Gasteiger partial charge >= 0.3 is 5.97 Å². The molecule has 1 aromatic carbocycles. The summed E-state index contributed by atoms with van der Waals surface area (Å²) >= 11 is 1.61. The monoisotopic (exact) mass is 420 g/mol. The number of carboxylic acid groups (broad SMARTS) is 1. The van der Waals surface area contributed by atoms with E-state index in [1.54, 1.807) is 11.3 Å². The molecule has 0 radical (unpaired) electrons. The molecule has 1 heterocycles. The number of thiophene rings is 1. The highest BCUT2D eigenvalue weighted by Gasteiger charge is 2.40. The number of hydrogen-bond acceptors (Lipinski definition) is 5. The van der Waals surface area contributed by atoms with E-state index in [9.17, 15) is 20.1 Å². The standard InChI is InChI=1S/C23H32O5S/c24-18(22-13-15-7-5-6-9-21(15)29-22)12-11-17-16(19(25)14-20(17)26)8-3-1-2-4-10-23(27)28/h5-7,9,13,16-20,24-26H,1-4,8,10-12,14H2,(H,27,28)/t16?,17-,18-,19+,20-/m1/s1. The van der Waals surface area contributed by atoms with Crippen molar-refractivity contribution in [1.29, 1.82) is 0 Å². The Kier molecular flexibility index (Phi) is 8.07. The first-order valence-corrected chi connectivity index (χ1v) is 11.5. The zero-order valence-electron chi connectivity index (χ0n) is 16.7. The van der Waals surface area contributed by atoms with E-state index in [0.29, 0.717) is 25.7 Å². The van der Waals surface area contributed by atoms with E-state index >= 15 is 0 Å². The first-order chi connectivity index (χ1) is 14.0. The zero-order valence-corrected chi connectivity index (χ0v) is 17.6. The highest BCUT2D eigenvalue weighted by molar-refractivity contribution is 7.19. The Morgan fingerprint density at radius 2 is 1.72 bits per heavy atom. The summed E-state index contributed by atoms with van der Waals surface area (Å²) in [4.78, 5) is 11.5. The minimum absolute atomic E-state index is 0.00745. The van der Waals surface area contributed by atoms with Gasteiger partial charge in [-0.05, 0) is 61.5 Å². The normalized spacial score (nSPS) is 25.5. The summed E-state index contributed by atoms with van der Waals surface area (Å²) < 4.78 is 1.17. The quantitative estimate of drug-likeness (QED) is 0.401. The van der Waals surface area contributed by atoms with Crippen molar-refractivity contribution in [2.75, 3.05) is 0 Å². The molecular weight excluding hydrogens is 388 g/mol. The van der Waals surface area contributed by atoms with E-state index in [4.69, 9.17) is 5.11 Å². The summed E-state index contributed by atoms with van der Waals surface area (Å²) in [6.07, 6.45) is 4.64. The summed E-state index contributed by atoms with van der Waals surface area (Å²) in [5.74, 6) is -0.691. The molecule has 1 aromatic heterocycles. The van der Waals surface area contributed by atoms with Crippen molar-refractivity contribution in [2.24, 2.45) is 11.8 Å². The molecule has 3 rings (SSSR count). The van der Waals surface area contributed by atoms with Gasteiger partial charge in [-0.2, -0.15) is 0 Å². The summed E-state index contributed by atoms with van der Waals surface area (Å²) in [5.41, 5.74) is 0. The maximum absolute atomic E-state index is 10.7. The van der Waals surface area contributed by atoms with Crippen LogP contribution in [0.25, 0.3) is 10.1 Å². The van der Waals surface area contributed by atoms with Gasteiger partial charge in [-0.15, -0.1) is 11.3 Å². The predicted octanol–water partition coefficient (Wildman–Crippen LogP) is 4.50. The molecule has 160 valence electrons. The van der Waals surface area contributed by atoms with Gasteiger partial charge < -0.3 is 20.4 Å². The maximum atomic E-state index is 10.7. The third-order valence-corrected chi connectivity index (χ3v) is 7.46. The van der Waals surface area contributed by atoms with Crippen LogP contribution in [-0.4, -0.2) is 38.6 Å². The molecule has 0 spiro atoms. The molecule has 1 fully saturated rings.